The Balaban J connectivity index is 2.12. The predicted molar refractivity (Wildman–Crippen MR) is 62.5 cm³/mol. The number of benzene rings is 1. The van der Waals surface area contributed by atoms with Crippen molar-refractivity contribution in [3.8, 4) is 5.75 Å². The topological polar surface area (TPSA) is 40.5 Å². The van der Waals surface area contributed by atoms with Crippen LogP contribution in [0.15, 0.2) is 24.3 Å². The minimum Gasteiger partial charge on any atom is -0.508 e. The zero-order chi connectivity index (χ0) is 11.5. The van der Waals surface area contributed by atoms with Gasteiger partial charge in [0.25, 0.3) is 5.91 Å². The maximum Gasteiger partial charge on any atom is 0.254 e. The molecule has 0 spiro atoms. The predicted octanol–water partition coefficient (Wildman–Crippen LogP) is 2.41. The van der Waals surface area contributed by atoms with Crippen molar-refractivity contribution >= 4 is 5.91 Å². The SMILES string of the molecule is CCCN(C(=O)c1ccc(O)cc1)C1CC1. The quantitative estimate of drug-likeness (QED) is 0.844. The molecule has 3 heteroatoms. The van der Waals surface area contributed by atoms with Crippen LogP contribution in [-0.2, 0) is 0 Å². The monoisotopic (exact) mass is 219 g/mol. The van der Waals surface area contributed by atoms with Crippen molar-refractivity contribution in [2.45, 2.75) is 32.2 Å². The molecule has 1 aliphatic rings. The van der Waals surface area contributed by atoms with Crippen LogP contribution in [0.4, 0.5) is 0 Å². The molecule has 0 atom stereocenters. The Hall–Kier alpha value is -1.51. The molecule has 86 valence electrons. The maximum atomic E-state index is 12.2. The smallest absolute Gasteiger partial charge is 0.254 e. The highest BCUT2D eigenvalue weighted by Crippen LogP contribution is 2.28. The van der Waals surface area contributed by atoms with Crippen molar-refractivity contribution in [3.05, 3.63) is 29.8 Å². The minimum atomic E-state index is 0.0874. The molecule has 1 aromatic carbocycles. The molecule has 1 amide bonds. The van der Waals surface area contributed by atoms with E-state index in [4.69, 9.17) is 0 Å². The number of phenols is 1. The number of amides is 1. The lowest BCUT2D eigenvalue weighted by atomic mass is 10.2. The van der Waals surface area contributed by atoms with Gasteiger partial charge in [-0.1, -0.05) is 6.92 Å². The van der Waals surface area contributed by atoms with E-state index in [2.05, 4.69) is 6.92 Å². The van der Waals surface area contributed by atoms with Gasteiger partial charge in [0.2, 0.25) is 0 Å². The molecule has 0 unspecified atom stereocenters. The Bertz CT molecular complexity index is 368. The van der Waals surface area contributed by atoms with Crippen LogP contribution in [0, 0.1) is 0 Å². The van der Waals surface area contributed by atoms with Crippen LogP contribution >= 0.6 is 0 Å². The normalized spacial score (nSPS) is 14.8. The molecule has 1 saturated carbocycles. The van der Waals surface area contributed by atoms with Crippen LogP contribution < -0.4 is 0 Å². The third kappa shape index (κ3) is 2.35. The van der Waals surface area contributed by atoms with Gasteiger partial charge in [0.15, 0.2) is 0 Å². The molecular formula is C13H17NO2. The maximum absolute atomic E-state index is 12.2. The summed E-state index contributed by atoms with van der Waals surface area (Å²) in [5, 5.41) is 9.18. The van der Waals surface area contributed by atoms with Crippen molar-refractivity contribution < 1.29 is 9.90 Å². The largest absolute Gasteiger partial charge is 0.508 e. The standard InChI is InChI=1S/C13H17NO2/c1-2-9-14(11-5-6-11)13(16)10-3-7-12(15)8-4-10/h3-4,7-8,11,15H,2,5-6,9H2,1H3. The fraction of sp³-hybridized carbons (Fsp3) is 0.462. The summed E-state index contributed by atoms with van der Waals surface area (Å²) >= 11 is 0. The number of carbonyl (C=O) groups excluding carboxylic acids is 1. The van der Waals surface area contributed by atoms with E-state index in [9.17, 15) is 9.90 Å². The third-order valence-corrected chi connectivity index (χ3v) is 2.83. The summed E-state index contributed by atoms with van der Waals surface area (Å²) in [7, 11) is 0. The number of nitrogens with zero attached hydrogens (tertiary/aromatic N) is 1. The molecule has 0 aliphatic heterocycles. The van der Waals surface area contributed by atoms with Gasteiger partial charge in [0, 0.05) is 18.2 Å². The van der Waals surface area contributed by atoms with Gasteiger partial charge in [-0.15, -0.1) is 0 Å². The van der Waals surface area contributed by atoms with E-state index in [1.54, 1.807) is 24.3 Å². The van der Waals surface area contributed by atoms with Crippen LogP contribution in [-0.4, -0.2) is 28.5 Å². The Kier molecular flexibility index (Phi) is 3.13. The molecule has 1 fully saturated rings. The second-order valence-corrected chi connectivity index (χ2v) is 4.28. The molecule has 2 rings (SSSR count). The van der Waals surface area contributed by atoms with Crippen molar-refractivity contribution in [1.29, 1.82) is 0 Å². The zero-order valence-corrected chi connectivity index (χ0v) is 9.52. The van der Waals surface area contributed by atoms with Gasteiger partial charge < -0.3 is 10.0 Å². The first-order valence-electron chi connectivity index (χ1n) is 5.82. The summed E-state index contributed by atoms with van der Waals surface area (Å²) in [6.07, 6.45) is 3.24. The molecular weight excluding hydrogens is 202 g/mol. The molecule has 3 nitrogen and oxygen atoms in total. The summed E-state index contributed by atoms with van der Waals surface area (Å²) < 4.78 is 0. The van der Waals surface area contributed by atoms with Crippen LogP contribution in [0.2, 0.25) is 0 Å². The number of hydrogen-bond acceptors (Lipinski definition) is 2. The lowest BCUT2D eigenvalue weighted by Crippen LogP contribution is -2.33. The van der Waals surface area contributed by atoms with Gasteiger partial charge in [-0.2, -0.15) is 0 Å². The minimum absolute atomic E-state index is 0.0874. The first kappa shape index (κ1) is 11.0. The highest BCUT2D eigenvalue weighted by atomic mass is 16.3. The average molecular weight is 219 g/mol. The van der Waals surface area contributed by atoms with E-state index >= 15 is 0 Å². The molecule has 16 heavy (non-hydrogen) atoms. The summed E-state index contributed by atoms with van der Waals surface area (Å²) in [6.45, 7) is 2.91. The fourth-order valence-electron chi connectivity index (χ4n) is 1.85. The molecule has 0 heterocycles. The van der Waals surface area contributed by atoms with Crippen LogP contribution in [0.25, 0.3) is 0 Å². The first-order valence-corrected chi connectivity index (χ1v) is 5.82. The van der Waals surface area contributed by atoms with Gasteiger partial charge in [0.1, 0.15) is 5.75 Å². The average Bonchev–Trinajstić information content (AvgIpc) is 3.10. The lowest BCUT2D eigenvalue weighted by Gasteiger charge is -2.21. The molecule has 1 N–H and O–H groups in total. The number of hydrogen-bond donors (Lipinski definition) is 1. The van der Waals surface area contributed by atoms with Gasteiger partial charge in [-0.25, -0.2) is 0 Å². The third-order valence-electron chi connectivity index (χ3n) is 2.83. The van der Waals surface area contributed by atoms with E-state index in [1.807, 2.05) is 4.90 Å². The fourth-order valence-corrected chi connectivity index (χ4v) is 1.85. The van der Waals surface area contributed by atoms with Crippen molar-refractivity contribution in [2.24, 2.45) is 0 Å². The number of aromatic hydroxyl groups is 1. The second-order valence-electron chi connectivity index (χ2n) is 4.28. The Morgan fingerprint density at radius 3 is 2.50 bits per heavy atom. The lowest BCUT2D eigenvalue weighted by molar-refractivity contribution is 0.0743. The van der Waals surface area contributed by atoms with Crippen LogP contribution in [0.1, 0.15) is 36.5 Å². The van der Waals surface area contributed by atoms with Gasteiger partial charge in [0.05, 0.1) is 0 Å². The summed E-state index contributed by atoms with van der Waals surface area (Å²) in [6, 6.07) is 6.93. The van der Waals surface area contributed by atoms with Crippen molar-refractivity contribution in [3.63, 3.8) is 0 Å². The van der Waals surface area contributed by atoms with Crippen molar-refractivity contribution in [1.82, 2.24) is 4.90 Å². The Labute approximate surface area is 95.7 Å². The molecule has 1 aliphatic carbocycles. The van der Waals surface area contributed by atoms with Crippen LogP contribution in [0.3, 0.4) is 0 Å². The highest BCUT2D eigenvalue weighted by Gasteiger charge is 2.32. The van der Waals surface area contributed by atoms with Crippen molar-refractivity contribution in [2.75, 3.05) is 6.54 Å². The summed E-state index contributed by atoms with van der Waals surface area (Å²) in [5.74, 6) is 0.286. The molecule has 0 saturated heterocycles. The number of phenolic OH excluding ortho intramolecular Hbond substituents is 1. The second kappa shape index (κ2) is 4.56. The summed E-state index contributed by atoms with van der Waals surface area (Å²) in [5.41, 5.74) is 0.665. The van der Waals surface area contributed by atoms with E-state index in [-0.39, 0.29) is 11.7 Å². The highest BCUT2D eigenvalue weighted by molar-refractivity contribution is 5.94. The number of carbonyl (C=O) groups is 1. The van der Waals surface area contributed by atoms with E-state index < -0.39 is 0 Å². The molecule has 0 radical (unpaired) electrons. The first-order chi connectivity index (χ1) is 7.72. The van der Waals surface area contributed by atoms with Gasteiger partial charge >= 0.3 is 0 Å². The molecule has 0 aromatic heterocycles. The Morgan fingerprint density at radius 2 is 2.00 bits per heavy atom. The molecule has 0 bridgehead atoms. The molecule has 1 aromatic rings. The van der Waals surface area contributed by atoms with E-state index in [0.29, 0.717) is 11.6 Å². The number of rotatable bonds is 4. The Morgan fingerprint density at radius 1 is 1.38 bits per heavy atom. The van der Waals surface area contributed by atoms with E-state index in [0.717, 1.165) is 25.8 Å². The van der Waals surface area contributed by atoms with Crippen LogP contribution in [0.5, 0.6) is 5.75 Å². The van der Waals surface area contributed by atoms with Gasteiger partial charge in [-0.05, 0) is 43.5 Å². The van der Waals surface area contributed by atoms with Gasteiger partial charge in [-0.3, -0.25) is 4.79 Å². The van der Waals surface area contributed by atoms with E-state index in [1.165, 1.54) is 0 Å². The summed E-state index contributed by atoms with van der Waals surface area (Å²) in [4.78, 5) is 14.1. The zero-order valence-electron chi connectivity index (χ0n) is 9.52.